The molecule has 11 N–H and O–H groups in total. The lowest BCUT2D eigenvalue weighted by molar-refractivity contribution is -0.142. The Morgan fingerprint density at radius 1 is 0.818 bits per heavy atom. The average Bonchev–Trinajstić information content (AvgIpc) is 3.96. The molecule has 1 saturated carbocycles. The molecule has 3 aliphatic rings. The number of halogens is 1. The van der Waals surface area contributed by atoms with Gasteiger partial charge in [-0.1, -0.05) is 68.5 Å². The Hall–Kier alpha value is -6.53. The van der Waals surface area contributed by atoms with E-state index in [1.54, 1.807) is 12.3 Å². The molecule has 6 rings (SSSR count). The van der Waals surface area contributed by atoms with Crippen LogP contribution in [0.3, 0.4) is 0 Å². The number of nitrogens with zero attached hydrogens (tertiary/aromatic N) is 2. The zero-order valence-corrected chi connectivity index (χ0v) is 37.5. The quantitative estimate of drug-likeness (QED) is 0.0682. The van der Waals surface area contributed by atoms with Gasteiger partial charge in [-0.15, -0.1) is 0 Å². The van der Waals surface area contributed by atoms with Crippen LogP contribution in [0, 0.1) is 11.7 Å². The highest BCUT2D eigenvalue weighted by Gasteiger charge is 2.40. The van der Waals surface area contributed by atoms with Gasteiger partial charge in [0.05, 0.1) is 0 Å². The van der Waals surface area contributed by atoms with Crippen LogP contribution in [0.5, 0.6) is 0 Å². The summed E-state index contributed by atoms with van der Waals surface area (Å²) in [5.74, 6) is -4.68. The van der Waals surface area contributed by atoms with Crippen molar-refractivity contribution in [2.45, 2.75) is 133 Å². The fraction of sp³-hybridized carbons (Fsp3) is 0.532. The van der Waals surface area contributed by atoms with E-state index in [2.05, 4.69) is 41.9 Å². The molecule has 0 bridgehead atoms. The molecule has 0 spiro atoms. The minimum atomic E-state index is -1.25. The van der Waals surface area contributed by atoms with E-state index < -0.39 is 83.4 Å². The third-order valence-corrected chi connectivity index (χ3v) is 12.7. The van der Waals surface area contributed by atoms with Gasteiger partial charge in [-0.2, -0.15) is 0 Å². The van der Waals surface area contributed by atoms with Crippen LogP contribution in [0.15, 0.2) is 59.7 Å². The topological polar surface area (TPSA) is 275 Å². The van der Waals surface area contributed by atoms with Gasteiger partial charge in [-0.05, 0) is 74.1 Å². The molecule has 2 aromatic carbocycles. The van der Waals surface area contributed by atoms with Crippen LogP contribution in [0.4, 0.5) is 4.39 Å². The van der Waals surface area contributed by atoms with Crippen LogP contribution >= 0.6 is 0 Å². The Bertz CT molecular complexity index is 2240. The maximum atomic E-state index is 14.8. The number of para-hydroxylation sites is 1. The summed E-state index contributed by atoms with van der Waals surface area (Å²) < 4.78 is 14.8. The largest absolute Gasteiger partial charge is 0.370 e. The fourth-order valence-electron chi connectivity index (χ4n) is 9.31. The third kappa shape index (κ3) is 13.5. The molecule has 18 nitrogen and oxygen atoms in total. The van der Waals surface area contributed by atoms with Gasteiger partial charge in [-0.25, -0.2) is 4.39 Å². The number of hydrogen-bond acceptors (Lipinski definition) is 8. The van der Waals surface area contributed by atoms with Gasteiger partial charge < -0.3 is 53.3 Å². The Kier molecular flexibility index (Phi) is 17.5. The van der Waals surface area contributed by atoms with E-state index in [1.807, 2.05) is 24.3 Å². The fourth-order valence-corrected chi connectivity index (χ4v) is 9.31. The summed E-state index contributed by atoms with van der Waals surface area (Å²) in [5, 5.41) is 17.8. The van der Waals surface area contributed by atoms with E-state index in [-0.39, 0.29) is 69.2 Å². The molecule has 356 valence electrons. The zero-order chi connectivity index (χ0) is 47.2. The molecule has 3 heterocycles. The van der Waals surface area contributed by atoms with Crippen molar-refractivity contribution >= 4 is 58.2 Å². The van der Waals surface area contributed by atoms with Crippen LogP contribution in [0.25, 0.3) is 10.9 Å². The highest BCUT2D eigenvalue weighted by atomic mass is 19.1. The predicted octanol–water partition coefficient (Wildman–Crippen LogP) is 1.46. The summed E-state index contributed by atoms with van der Waals surface area (Å²) in [6.07, 6.45) is 8.08. The Morgan fingerprint density at radius 3 is 2.29 bits per heavy atom. The number of amides is 7. The van der Waals surface area contributed by atoms with Crippen molar-refractivity contribution in [1.82, 2.24) is 41.8 Å². The molecule has 1 aliphatic carbocycles. The number of hydrogen-bond donors (Lipinski definition) is 9. The third-order valence-electron chi connectivity index (χ3n) is 12.7. The molecular weight excluding hydrogens is 850 g/mol. The van der Waals surface area contributed by atoms with Gasteiger partial charge in [0.1, 0.15) is 42.1 Å². The Balaban J connectivity index is 1.31. The van der Waals surface area contributed by atoms with Crippen molar-refractivity contribution < 1.29 is 38.0 Å². The first-order valence-electron chi connectivity index (χ1n) is 23.2. The molecule has 2 aliphatic heterocycles. The molecule has 0 radical (unpaired) electrons. The van der Waals surface area contributed by atoms with E-state index in [9.17, 15) is 38.0 Å². The van der Waals surface area contributed by atoms with Crippen molar-refractivity contribution in [2.75, 3.05) is 19.6 Å². The molecule has 7 amide bonds. The highest BCUT2D eigenvalue weighted by molar-refractivity contribution is 5.98. The lowest BCUT2D eigenvalue weighted by atomic mass is 9.84. The standard InChI is InChI=1S/C47H64FN11O7/c1-28(60)54-38(25-30-14-5-7-16-33(30)48)43(63)56-36-19-10-21-51-41(61)35(18-9-22-52-47(49)50)55-44(64)39(26-31-27-53-34-17-8-6-15-32(31)34)57-42(62)37(24-29-12-3-2-4-13-29)58-45(65)40-20-11-23-59(40)46(36)66/h5-8,14-17,27,29,35-40,53H,2-4,9-13,18-26H2,1H3,(H,51,61)(H,54,60)(H,55,64)(H,56,63)(H,57,62)(H,58,65)(H4,49,50,52)/t35?,36?,37-,38+,39?,40?/m1/s1. The van der Waals surface area contributed by atoms with Crippen molar-refractivity contribution in [3.8, 4) is 0 Å². The number of aliphatic imine (C=N–C) groups is 1. The molecule has 19 heteroatoms. The number of aromatic amines is 1. The molecule has 3 aromatic rings. The van der Waals surface area contributed by atoms with Crippen LogP contribution in [-0.4, -0.2) is 113 Å². The SMILES string of the molecule is CC(=O)N[C@@H](Cc1ccccc1F)C(=O)NC1CCCNC(=O)C(CCCN=C(N)N)NC(=O)C(Cc2c[nH]c3ccccc23)NC(=O)[C@@H](CC2CCCCC2)NC(=O)C2CCCN2C1=O. The molecule has 6 atom stereocenters. The van der Waals surface area contributed by atoms with E-state index in [0.717, 1.165) is 48.6 Å². The second-order valence-corrected chi connectivity index (χ2v) is 17.7. The predicted molar refractivity (Wildman–Crippen MR) is 246 cm³/mol. The van der Waals surface area contributed by atoms with Gasteiger partial charge in [0, 0.05) is 56.5 Å². The minimum Gasteiger partial charge on any atom is -0.370 e. The van der Waals surface area contributed by atoms with Gasteiger partial charge in [0.2, 0.25) is 41.4 Å². The maximum Gasteiger partial charge on any atom is 0.245 e. The number of rotatable bonds is 13. The van der Waals surface area contributed by atoms with E-state index >= 15 is 0 Å². The second-order valence-electron chi connectivity index (χ2n) is 17.7. The maximum absolute atomic E-state index is 14.8. The Morgan fingerprint density at radius 2 is 1.53 bits per heavy atom. The van der Waals surface area contributed by atoms with Crippen LogP contribution in [0.2, 0.25) is 0 Å². The lowest BCUT2D eigenvalue weighted by Gasteiger charge is -2.32. The van der Waals surface area contributed by atoms with Gasteiger partial charge in [-0.3, -0.25) is 38.6 Å². The summed E-state index contributed by atoms with van der Waals surface area (Å²) in [5.41, 5.74) is 12.9. The minimum absolute atomic E-state index is 0.00308. The van der Waals surface area contributed by atoms with Crippen molar-refractivity contribution in [1.29, 1.82) is 0 Å². The number of H-pyrrole nitrogens is 1. The molecule has 66 heavy (non-hydrogen) atoms. The smallest absolute Gasteiger partial charge is 0.245 e. The molecular formula is C47H64FN11O7. The number of aromatic nitrogens is 1. The van der Waals surface area contributed by atoms with Crippen LogP contribution < -0.4 is 43.4 Å². The van der Waals surface area contributed by atoms with Gasteiger partial charge in [0.25, 0.3) is 0 Å². The number of benzene rings is 2. The average molecular weight is 914 g/mol. The zero-order valence-electron chi connectivity index (χ0n) is 37.5. The van der Waals surface area contributed by atoms with Gasteiger partial charge >= 0.3 is 0 Å². The first kappa shape index (κ1) is 48.9. The summed E-state index contributed by atoms with van der Waals surface area (Å²) in [6, 6.07) is 6.64. The summed E-state index contributed by atoms with van der Waals surface area (Å²) in [4.78, 5) is 107. The molecule has 4 unspecified atom stereocenters. The summed E-state index contributed by atoms with van der Waals surface area (Å²) in [6.45, 7) is 1.61. The van der Waals surface area contributed by atoms with Crippen LogP contribution in [0.1, 0.15) is 95.1 Å². The molecule has 3 fully saturated rings. The van der Waals surface area contributed by atoms with E-state index in [4.69, 9.17) is 11.5 Å². The number of nitrogens with two attached hydrogens (primary N) is 2. The number of fused-ring (bicyclic) bond motifs is 2. The number of nitrogens with one attached hydrogen (secondary N) is 7. The first-order valence-corrected chi connectivity index (χ1v) is 23.2. The van der Waals surface area contributed by atoms with Crippen LogP contribution in [-0.2, 0) is 46.4 Å². The van der Waals surface area contributed by atoms with E-state index in [1.165, 1.54) is 30.0 Å². The number of guanidine groups is 1. The molecule has 2 saturated heterocycles. The normalized spacial score (nSPS) is 23.3. The first-order chi connectivity index (χ1) is 31.8. The van der Waals surface area contributed by atoms with Crippen molar-refractivity contribution in [3.63, 3.8) is 0 Å². The second kappa shape index (κ2) is 23.6. The Labute approximate surface area is 383 Å². The van der Waals surface area contributed by atoms with Crippen molar-refractivity contribution in [3.05, 3.63) is 71.7 Å². The van der Waals surface area contributed by atoms with E-state index in [0.29, 0.717) is 25.7 Å². The highest BCUT2D eigenvalue weighted by Crippen LogP contribution is 2.28. The lowest BCUT2D eigenvalue weighted by Crippen LogP contribution is -2.60. The number of carbonyl (C=O) groups is 7. The summed E-state index contributed by atoms with van der Waals surface area (Å²) in [7, 11) is 0. The summed E-state index contributed by atoms with van der Waals surface area (Å²) >= 11 is 0. The molecule has 1 aromatic heterocycles. The monoisotopic (exact) mass is 913 g/mol. The number of carbonyl (C=O) groups excluding carboxylic acids is 7. The van der Waals surface area contributed by atoms with Crippen molar-refractivity contribution in [2.24, 2.45) is 22.4 Å². The van der Waals surface area contributed by atoms with Gasteiger partial charge in [0.15, 0.2) is 5.96 Å².